The van der Waals surface area contributed by atoms with E-state index in [0.29, 0.717) is 13.1 Å². The molecule has 32 heavy (non-hydrogen) atoms. The van der Waals surface area contributed by atoms with Gasteiger partial charge < -0.3 is 10.1 Å². The van der Waals surface area contributed by atoms with Crippen molar-refractivity contribution < 1.29 is 5.21 Å². The molecule has 8 nitrogen and oxygen atoms in total. The fraction of sp³-hybridized carbons (Fsp3) is 0.250. The molecule has 1 unspecified atom stereocenters. The first-order valence-corrected chi connectivity index (χ1v) is 10.9. The van der Waals surface area contributed by atoms with E-state index in [2.05, 4.69) is 33.3 Å². The summed E-state index contributed by atoms with van der Waals surface area (Å²) in [5.74, 6) is 1.17. The summed E-state index contributed by atoms with van der Waals surface area (Å²) in [5.41, 5.74) is 4.96. The first kappa shape index (κ1) is 19.1. The summed E-state index contributed by atoms with van der Waals surface area (Å²) >= 11 is 0. The average Bonchev–Trinajstić information content (AvgIpc) is 3.27. The fourth-order valence-electron chi connectivity index (χ4n) is 4.47. The number of aromatic nitrogens is 4. The molecule has 3 aromatic heterocycles. The molecular formula is C24H23N7O. The summed E-state index contributed by atoms with van der Waals surface area (Å²) in [6.07, 6.45) is 12.7. The van der Waals surface area contributed by atoms with Crippen LogP contribution >= 0.6 is 0 Å². The molecule has 0 saturated carbocycles. The van der Waals surface area contributed by atoms with E-state index in [-0.39, 0.29) is 5.92 Å². The van der Waals surface area contributed by atoms with E-state index >= 15 is 0 Å². The van der Waals surface area contributed by atoms with Gasteiger partial charge in [0.2, 0.25) is 0 Å². The smallest absolute Gasteiger partial charge is 0.162 e. The molecule has 1 saturated heterocycles. The van der Waals surface area contributed by atoms with Crippen molar-refractivity contribution in [3.8, 4) is 11.1 Å². The molecule has 160 valence electrons. The minimum Gasteiger partial charge on any atom is -0.354 e. The molecule has 0 amide bonds. The van der Waals surface area contributed by atoms with Crippen molar-refractivity contribution >= 4 is 22.8 Å². The molecule has 1 atom stereocenters. The number of aliphatic imine (C=N–C) groups is 1. The van der Waals surface area contributed by atoms with Gasteiger partial charge in [0.05, 0.1) is 11.7 Å². The van der Waals surface area contributed by atoms with Gasteiger partial charge in [0.15, 0.2) is 5.65 Å². The Morgan fingerprint density at radius 2 is 1.81 bits per heavy atom. The molecule has 8 heteroatoms. The lowest BCUT2D eigenvalue weighted by Crippen LogP contribution is -2.44. The lowest BCUT2D eigenvalue weighted by Gasteiger charge is -2.33. The first-order chi connectivity index (χ1) is 15.8. The van der Waals surface area contributed by atoms with Crippen LogP contribution in [0.2, 0.25) is 0 Å². The Morgan fingerprint density at radius 3 is 2.66 bits per heavy atom. The summed E-state index contributed by atoms with van der Waals surface area (Å²) in [6, 6.07) is 10.1. The highest BCUT2D eigenvalue weighted by Gasteiger charge is 2.21. The number of piperazine rings is 1. The number of pyridine rings is 1. The zero-order valence-corrected chi connectivity index (χ0v) is 17.5. The third-order valence-corrected chi connectivity index (χ3v) is 6.26. The van der Waals surface area contributed by atoms with E-state index in [1.54, 1.807) is 0 Å². The molecular weight excluding hydrogens is 402 g/mol. The van der Waals surface area contributed by atoms with Gasteiger partial charge in [-0.3, -0.25) is 4.98 Å². The highest BCUT2D eigenvalue weighted by molar-refractivity contribution is 5.97. The molecule has 0 spiro atoms. The van der Waals surface area contributed by atoms with Crippen molar-refractivity contribution in [2.75, 3.05) is 26.2 Å². The van der Waals surface area contributed by atoms with Crippen molar-refractivity contribution in [2.45, 2.75) is 12.3 Å². The number of fused-ring (bicyclic) bond motifs is 2. The molecule has 2 aliphatic rings. The molecule has 4 aromatic rings. The van der Waals surface area contributed by atoms with Gasteiger partial charge in [-0.2, -0.15) is 10.2 Å². The summed E-state index contributed by atoms with van der Waals surface area (Å²) in [5, 5.41) is 16.6. The third kappa shape index (κ3) is 3.34. The lowest BCUT2D eigenvalue weighted by molar-refractivity contribution is -0.113. The van der Waals surface area contributed by atoms with Crippen LogP contribution in [0.3, 0.4) is 0 Å². The Bertz CT molecular complexity index is 1350. The van der Waals surface area contributed by atoms with Crippen LogP contribution in [0.1, 0.15) is 17.9 Å². The van der Waals surface area contributed by atoms with E-state index in [1.165, 1.54) is 5.06 Å². The molecule has 5 heterocycles. The van der Waals surface area contributed by atoms with Crippen LogP contribution in [-0.2, 0) is 0 Å². The van der Waals surface area contributed by atoms with Crippen LogP contribution in [0.15, 0.2) is 72.0 Å². The van der Waals surface area contributed by atoms with E-state index in [0.717, 1.165) is 58.6 Å². The van der Waals surface area contributed by atoms with Crippen molar-refractivity contribution in [1.82, 2.24) is 29.5 Å². The predicted octanol–water partition coefficient (Wildman–Crippen LogP) is 3.35. The summed E-state index contributed by atoms with van der Waals surface area (Å²) < 4.78 is 1.85. The second-order valence-corrected chi connectivity index (χ2v) is 8.21. The highest BCUT2D eigenvalue weighted by atomic mass is 16.5. The zero-order valence-electron chi connectivity index (χ0n) is 17.5. The number of allylic oxidation sites excluding steroid dienone is 1. The zero-order chi connectivity index (χ0) is 21.5. The van der Waals surface area contributed by atoms with Crippen LogP contribution in [0.25, 0.3) is 27.7 Å². The Morgan fingerprint density at radius 1 is 0.938 bits per heavy atom. The van der Waals surface area contributed by atoms with Crippen molar-refractivity contribution in [1.29, 1.82) is 0 Å². The van der Waals surface area contributed by atoms with Crippen molar-refractivity contribution in [3.63, 3.8) is 0 Å². The Labute approximate surface area is 185 Å². The molecule has 0 aliphatic carbocycles. The molecule has 6 rings (SSSR count). The third-order valence-electron chi connectivity index (χ3n) is 6.26. The van der Waals surface area contributed by atoms with Crippen molar-refractivity contribution in [2.24, 2.45) is 4.99 Å². The molecule has 0 radical (unpaired) electrons. The van der Waals surface area contributed by atoms with Crippen LogP contribution < -0.4 is 0 Å². The molecule has 1 aromatic carbocycles. The van der Waals surface area contributed by atoms with E-state index in [1.807, 2.05) is 53.6 Å². The van der Waals surface area contributed by atoms with E-state index < -0.39 is 0 Å². The van der Waals surface area contributed by atoms with Crippen LogP contribution in [0, 0.1) is 0 Å². The van der Waals surface area contributed by atoms with Crippen LogP contribution in [-0.4, -0.2) is 67.1 Å². The number of hydrogen-bond donors (Lipinski definition) is 1. The number of hydroxylamine groups is 2. The van der Waals surface area contributed by atoms with Crippen LogP contribution in [0.5, 0.6) is 0 Å². The quantitative estimate of drug-likeness (QED) is 0.542. The first-order valence-electron chi connectivity index (χ1n) is 10.9. The Hall–Kier alpha value is -3.62. The summed E-state index contributed by atoms with van der Waals surface area (Å²) in [7, 11) is 0. The predicted molar refractivity (Wildman–Crippen MR) is 123 cm³/mol. The Balaban J connectivity index is 1.27. The molecule has 2 aliphatic heterocycles. The summed E-state index contributed by atoms with van der Waals surface area (Å²) in [4.78, 5) is 16.2. The van der Waals surface area contributed by atoms with Crippen LogP contribution in [0.4, 0.5) is 0 Å². The van der Waals surface area contributed by atoms with E-state index in [9.17, 15) is 5.21 Å². The molecule has 0 bridgehead atoms. The van der Waals surface area contributed by atoms with Gasteiger partial charge >= 0.3 is 0 Å². The number of rotatable bonds is 3. The van der Waals surface area contributed by atoms with Gasteiger partial charge in [-0.15, -0.1) is 0 Å². The summed E-state index contributed by atoms with van der Waals surface area (Å²) in [6.45, 7) is 2.87. The molecule has 1 N–H and O–H groups in total. The minimum absolute atomic E-state index is 0.171. The van der Waals surface area contributed by atoms with Gasteiger partial charge in [-0.1, -0.05) is 18.2 Å². The fourth-order valence-corrected chi connectivity index (χ4v) is 4.47. The standard InChI is InChI=1S/C24H23N7O/c32-30-11-9-29(10-12-30)23-6-5-17(13-26-23)18-14-27-24-21(15-28-31(24)16-18)19-7-8-25-22-4-2-1-3-20(19)22/h1-4,6-8,13-17,32H,5,9-12H2. The maximum Gasteiger partial charge on any atom is 0.162 e. The van der Waals surface area contributed by atoms with Crippen molar-refractivity contribution in [3.05, 3.63) is 72.6 Å². The van der Waals surface area contributed by atoms with E-state index in [4.69, 9.17) is 9.98 Å². The van der Waals surface area contributed by atoms with Gasteiger partial charge in [0.25, 0.3) is 0 Å². The second-order valence-electron chi connectivity index (χ2n) is 8.21. The number of hydrogen-bond acceptors (Lipinski definition) is 7. The monoisotopic (exact) mass is 425 g/mol. The number of para-hydroxylation sites is 1. The number of benzene rings is 1. The van der Waals surface area contributed by atoms with Gasteiger partial charge in [-0.25, -0.2) is 14.5 Å². The highest BCUT2D eigenvalue weighted by Crippen LogP contribution is 2.31. The maximum atomic E-state index is 9.56. The molecule has 1 fully saturated rings. The van der Waals surface area contributed by atoms with Gasteiger partial charge in [0.1, 0.15) is 5.82 Å². The average molecular weight is 425 g/mol. The topological polar surface area (TPSA) is 82.1 Å². The maximum absolute atomic E-state index is 9.56. The number of nitrogens with zero attached hydrogens (tertiary/aromatic N) is 7. The largest absolute Gasteiger partial charge is 0.354 e. The SMILES string of the molecule is ON1CCN(C2=CCC(c3cnc4c(-c5ccnc6ccccc56)cnn4c3)C=N2)CC1. The lowest BCUT2D eigenvalue weighted by atomic mass is 9.98. The van der Waals surface area contributed by atoms with Gasteiger partial charge in [0, 0.05) is 67.9 Å². The van der Waals surface area contributed by atoms with Gasteiger partial charge in [-0.05, 0) is 35.8 Å². The second kappa shape index (κ2) is 7.81. The Kier molecular flexibility index (Phi) is 4.66. The minimum atomic E-state index is 0.171. The normalized spacial score (nSPS) is 19.6.